The van der Waals surface area contributed by atoms with Gasteiger partial charge in [-0.2, -0.15) is 0 Å². The monoisotopic (exact) mass is 653 g/mol. The van der Waals surface area contributed by atoms with Gasteiger partial charge in [-0.1, -0.05) is 29.3 Å². The highest BCUT2D eigenvalue weighted by Gasteiger charge is 2.29. The fraction of sp³-hybridized carbons (Fsp3) is 0.562. The van der Waals surface area contributed by atoms with Crippen molar-refractivity contribution in [1.82, 2.24) is 20.4 Å². The molecule has 1 aliphatic heterocycles. The molecule has 0 aromatic heterocycles. The van der Waals surface area contributed by atoms with Gasteiger partial charge in [-0.25, -0.2) is 9.18 Å². The highest BCUT2D eigenvalue weighted by molar-refractivity contribution is 6.35. The average Bonchev–Trinajstić information content (AvgIpc) is 2.95. The van der Waals surface area contributed by atoms with E-state index in [9.17, 15) is 14.0 Å². The van der Waals surface area contributed by atoms with Crippen molar-refractivity contribution in [3.05, 3.63) is 63.4 Å². The van der Waals surface area contributed by atoms with Crippen LogP contribution in [0.15, 0.2) is 36.4 Å². The van der Waals surface area contributed by atoms with E-state index in [1.807, 2.05) is 24.1 Å². The topological polar surface area (TPSA) is 86.4 Å². The molecule has 9 nitrogen and oxygen atoms in total. The Balaban J connectivity index is 1.67. The molecule has 1 aliphatic rings. The fourth-order valence-electron chi connectivity index (χ4n) is 5.05. The van der Waals surface area contributed by atoms with E-state index < -0.39 is 17.7 Å². The number of amides is 2. The first-order chi connectivity index (χ1) is 20.8. The van der Waals surface area contributed by atoms with Crippen molar-refractivity contribution in [3.63, 3.8) is 0 Å². The summed E-state index contributed by atoms with van der Waals surface area (Å²) in [4.78, 5) is 32.1. The highest BCUT2D eigenvalue weighted by Crippen LogP contribution is 2.26. The molecule has 1 fully saturated rings. The number of likely N-dealkylation sites (N-methyl/N-ethyl adjacent to an activating group) is 1. The third kappa shape index (κ3) is 11.1. The van der Waals surface area contributed by atoms with Crippen LogP contribution >= 0.6 is 23.2 Å². The first kappa shape index (κ1) is 35.8. The van der Waals surface area contributed by atoms with Crippen molar-refractivity contribution in [3.8, 4) is 0 Å². The molecule has 244 valence electrons. The zero-order chi connectivity index (χ0) is 32.4. The molecule has 0 saturated carbocycles. The van der Waals surface area contributed by atoms with Gasteiger partial charge < -0.3 is 29.9 Å². The molecule has 44 heavy (non-hydrogen) atoms. The second-order valence-electron chi connectivity index (χ2n) is 12.2. The molecule has 1 heterocycles. The Bertz CT molecular complexity index is 1250. The molecule has 2 aromatic rings. The lowest BCUT2D eigenvalue weighted by Crippen LogP contribution is -2.55. The van der Waals surface area contributed by atoms with Gasteiger partial charge in [-0.15, -0.1) is 0 Å². The Labute approximate surface area is 270 Å². The summed E-state index contributed by atoms with van der Waals surface area (Å²) >= 11 is 12.6. The van der Waals surface area contributed by atoms with Crippen LogP contribution in [0.4, 0.5) is 14.9 Å². The van der Waals surface area contributed by atoms with Gasteiger partial charge in [0.05, 0.1) is 12.6 Å². The minimum absolute atomic E-state index is 0.0552. The number of piperazine rings is 1. The molecule has 12 heteroatoms. The summed E-state index contributed by atoms with van der Waals surface area (Å²) < 4.78 is 24.9. The summed E-state index contributed by atoms with van der Waals surface area (Å²) in [5.74, 6) is -0.332. The van der Waals surface area contributed by atoms with Crippen LogP contribution in [0.25, 0.3) is 0 Å². The SMILES string of the molecule is COC[C@@H](C)N(C)Cc1cc(F)ccc1N1CCN(C(=O)[C@@H](Cc2ccc(Cl)cc2Cl)NCCNC(=O)OC(C)(C)C)CC1. The molecule has 0 unspecified atom stereocenters. The molecule has 2 aromatic carbocycles. The number of anilines is 1. The maximum absolute atomic E-state index is 14.3. The minimum atomic E-state index is -0.601. The van der Waals surface area contributed by atoms with Crippen molar-refractivity contribution in [2.75, 3.05) is 64.9 Å². The smallest absolute Gasteiger partial charge is 0.407 e. The van der Waals surface area contributed by atoms with Crippen molar-refractivity contribution >= 4 is 40.9 Å². The van der Waals surface area contributed by atoms with Gasteiger partial charge in [0.15, 0.2) is 0 Å². The quantitative estimate of drug-likeness (QED) is 0.295. The summed E-state index contributed by atoms with van der Waals surface area (Å²) in [6.07, 6.45) is -0.158. The largest absolute Gasteiger partial charge is 0.444 e. The van der Waals surface area contributed by atoms with E-state index in [0.717, 1.165) is 16.8 Å². The average molecular weight is 655 g/mol. The van der Waals surface area contributed by atoms with E-state index in [0.29, 0.717) is 62.3 Å². The van der Waals surface area contributed by atoms with E-state index in [2.05, 4.69) is 27.4 Å². The van der Waals surface area contributed by atoms with E-state index in [4.69, 9.17) is 32.7 Å². The van der Waals surface area contributed by atoms with Crippen LogP contribution < -0.4 is 15.5 Å². The first-order valence-corrected chi connectivity index (χ1v) is 15.7. The van der Waals surface area contributed by atoms with Gasteiger partial charge in [-0.3, -0.25) is 9.69 Å². The van der Waals surface area contributed by atoms with E-state index in [1.54, 1.807) is 46.1 Å². The second-order valence-corrected chi connectivity index (χ2v) is 13.0. The normalized spacial score (nSPS) is 15.3. The first-order valence-electron chi connectivity index (χ1n) is 14.9. The lowest BCUT2D eigenvalue weighted by Gasteiger charge is -2.39. The standard InChI is InChI=1S/C32H46Cl2FN5O4/c1-22(21-43-6)38(5)20-24-17-26(35)9-10-29(24)39-13-15-40(16-14-39)30(41)28(18-23-7-8-25(33)19-27(23)34)36-11-12-37-31(42)44-32(2,3)4/h7-10,17,19,22,28,36H,11-16,18,20-21H2,1-6H3,(H,37,42)/t22-,28-/m1/s1. The Kier molecular flexibility index (Phi) is 13.5. The van der Waals surface area contributed by atoms with Crippen molar-refractivity contribution in [1.29, 1.82) is 0 Å². The summed E-state index contributed by atoms with van der Waals surface area (Å²) in [5.41, 5.74) is 2.05. The number of halogens is 3. The number of benzene rings is 2. The highest BCUT2D eigenvalue weighted by atomic mass is 35.5. The molecule has 0 aliphatic carbocycles. The van der Waals surface area contributed by atoms with Gasteiger partial charge >= 0.3 is 6.09 Å². The van der Waals surface area contributed by atoms with Crippen molar-refractivity contribution in [2.45, 2.75) is 58.3 Å². The number of hydrogen-bond acceptors (Lipinski definition) is 7. The lowest BCUT2D eigenvalue weighted by atomic mass is 10.0. The summed E-state index contributed by atoms with van der Waals surface area (Å²) in [7, 11) is 3.67. The summed E-state index contributed by atoms with van der Waals surface area (Å²) in [6.45, 7) is 11.5. The van der Waals surface area contributed by atoms with E-state index in [1.165, 1.54) is 6.07 Å². The van der Waals surface area contributed by atoms with Gasteiger partial charge in [0, 0.05) is 74.7 Å². The lowest BCUT2D eigenvalue weighted by molar-refractivity contribution is -0.133. The maximum Gasteiger partial charge on any atom is 0.407 e. The van der Waals surface area contributed by atoms with Crippen molar-refractivity contribution < 1.29 is 23.5 Å². The second kappa shape index (κ2) is 16.6. The van der Waals surface area contributed by atoms with Crippen LogP contribution in [0.3, 0.4) is 0 Å². The summed E-state index contributed by atoms with van der Waals surface area (Å²) in [6, 6.07) is 9.73. The third-order valence-electron chi connectivity index (χ3n) is 7.47. The molecule has 3 rings (SSSR count). The molecule has 0 bridgehead atoms. The molecule has 0 radical (unpaired) electrons. The number of rotatable bonds is 13. The summed E-state index contributed by atoms with van der Waals surface area (Å²) in [5, 5.41) is 7.03. The number of carbonyl (C=O) groups excluding carboxylic acids is 2. The van der Waals surface area contributed by atoms with Gasteiger partial charge in [0.25, 0.3) is 0 Å². The number of nitrogens with zero attached hydrogens (tertiary/aromatic N) is 3. The Morgan fingerprint density at radius 3 is 2.39 bits per heavy atom. The predicted molar refractivity (Wildman–Crippen MR) is 174 cm³/mol. The molecule has 2 amide bonds. The van der Waals surface area contributed by atoms with E-state index >= 15 is 0 Å². The van der Waals surface area contributed by atoms with Crippen molar-refractivity contribution in [2.24, 2.45) is 0 Å². The Morgan fingerprint density at radius 2 is 1.75 bits per heavy atom. The number of alkyl carbamates (subject to hydrolysis) is 1. The minimum Gasteiger partial charge on any atom is -0.444 e. The maximum atomic E-state index is 14.3. The molecule has 2 N–H and O–H groups in total. The fourth-order valence-corrected chi connectivity index (χ4v) is 5.54. The Hall–Kier alpha value is -2.63. The van der Waals surface area contributed by atoms with Gasteiger partial charge in [0.1, 0.15) is 11.4 Å². The number of nitrogens with one attached hydrogen (secondary N) is 2. The van der Waals surface area contributed by atoms with Crippen LogP contribution in [0.5, 0.6) is 0 Å². The third-order valence-corrected chi connectivity index (χ3v) is 8.06. The van der Waals surface area contributed by atoms with E-state index in [-0.39, 0.29) is 24.3 Å². The molecule has 2 atom stereocenters. The van der Waals surface area contributed by atoms with Crippen LogP contribution in [-0.2, 0) is 27.2 Å². The predicted octanol–water partition coefficient (Wildman–Crippen LogP) is 4.97. The van der Waals surface area contributed by atoms with Crippen LogP contribution in [0.2, 0.25) is 10.0 Å². The van der Waals surface area contributed by atoms with Gasteiger partial charge in [0.2, 0.25) is 5.91 Å². The Morgan fingerprint density at radius 1 is 1.05 bits per heavy atom. The van der Waals surface area contributed by atoms with Crippen LogP contribution in [-0.4, -0.2) is 99.5 Å². The van der Waals surface area contributed by atoms with Crippen LogP contribution in [0.1, 0.15) is 38.8 Å². The molecule has 1 saturated heterocycles. The number of hydrogen-bond donors (Lipinski definition) is 2. The molecular weight excluding hydrogens is 608 g/mol. The van der Waals surface area contributed by atoms with Gasteiger partial charge in [-0.05, 0) is 82.6 Å². The number of methoxy groups -OCH3 is 1. The number of carbonyl (C=O) groups is 2. The molecule has 0 spiro atoms. The zero-order valence-corrected chi connectivity index (χ0v) is 28.1. The van der Waals surface area contributed by atoms with Crippen LogP contribution in [0, 0.1) is 5.82 Å². The molecular formula is C32H46Cl2FN5O4. The number of ether oxygens (including phenoxy) is 2. The zero-order valence-electron chi connectivity index (χ0n) is 26.6.